The number of rotatable bonds is 5. The molecule has 1 aliphatic rings. The van der Waals surface area contributed by atoms with Gasteiger partial charge in [0.25, 0.3) is 5.91 Å². The number of anilines is 2. The number of carbonyl (C=O) groups is 2. The van der Waals surface area contributed by atoms with Crippen molar-refractivity contribution in [3.8, 4) is 0 Å². The Balaban J connectivity index is 1.47. The zero-order valence-electron chi connectivity index (χ0n) is 16.4. The summed E-state index contributed by atoms with van der Waals surface area (Å²) >= 11 is 0. The van der Waals surface area contributed by atoms with Gasteiger partial charge in [-0.15, -0.1) is 0 Å². The third-order valence-electron chi connectivity index (χ3n) is 5.05. The second kappa shape index (κ2) is 8.78. The minimum Gasteiger partial charge on any atom is -0.322 e. The molecule has 6 heteroatoms. The summed E-state index contributed by atoms with van der Waals surface area (Å²) in [5, 5.41) is 2.81. The molecule has 1 saturated heterocycles. The first-order chi connectivity index (χ1) is 14.6. The van der Waals surface area contributed by atoms with Crippen LogP contribution in [0.3, 0.4) is 0 Å². The second-order valence-electron chi connectivity index (χ2n) is 7.21. The van der Waals surface area contributed by atoms with E-state index in [1.54, 1.807) is 23.1 Å². The molecule has 0 radical (unpaired) electrons. The predicted molar refractivity (Wildman–Crippen MR) is 115 cm³/mol. The van der Waals surface area contributed by atoms with Crippen LogP contribution in [0.5, 0.6) is 0 Å². The van der Waals surface area contributed by atoms with Gasteiger partial charge in [-0.2, -0.15) is 0 Å². The van der Waals surface area contributed by atoms with E-state index in [0.717, 1.165) is 17.7 Å². The summed E-state index contributed by atoms with van der Waals surface area (Å²) in [7, 11) is 0. The Kier molecular flexibility index (Phi) is 5.75. The predicted octanol–water partition coefficient (Wildman–Crippen LogP) is 4.91. The standard InChI is InChI=1S/C24H22FN3O2/c25-20-12-10-19(11-13-20)23(29)26-21-8-4-9-22(16-21)28-15-5-14-27(24(28)30)17-18-6-2-1-3-7-18/h1-4,6-13,16H,5,14-15,17H2,(H,26,29). The molecule has 1 heterocycles. The van der Waals surface area contributed by atoms with Gasteiger partial charge in [-0.25, -0.2) is 9.18 Å². The molecule has 1 aliphatic heterocycles. The van der Waals surface area contributed by atoms with Crippen LogP contribution < -0.4 is 10.2 Å². The lowest BCUT2D eigenvalue weighted by Crippen LogP contribution is -2.49. The summed E-state index contributed by atoms with van der Waals surface area (Å²) < 4.78 is 13.1. The van der Waals surface area contributed by atoms with Crippen LogP contribution in [-0.4, -0.2) is 29.9 Å². The molecule has 5 nitrogen and oxygen atoms in total. The number of halogens is 1. The zero-order chi connectivity index (χ0) is 20.9. The van der Waals surface area contributed by atoms with E-state index in [2.05, 4.69) is 5.32 Å². The summed E-state index contributed by atoms with van der Waals surface area (Å²) in [5.74, 6) is -0.722. The zero-order valence-corrected chi connectivity index (χ0v) is 16.4. The summed E-state index contributed by atoms with van der Waals surface area (Å²) in [6.07, 6.45) is 0.866. The Labute approximate surface area is 174 Å². The van der Waals surface area contributed by atoms with Crippen molar-refractivity contribution < 1.29 is 14.0 Å². The average molecular weight is 403 g/mol. The molecule has 0 aromatic heterocycles. The van der Waals surface area contributed by atoms with Crippen molar-refractivity contribution in [3.63, 3.8) is 0 Å². The summed E-state index contributed by atoms with van der Waals surface area (Å²) in [6, 6.07) is 22.4. The SMILES string of the molecule is O=C(Nc1cccc(N2CCCN(Cc3ccccc3)C2=O)c1)c1ccc(F)cc1. The fourth-order valence-electron chi connectivity index (χ4n) is 3.53. The number of nitrogens with one attached hydrogen (secondary N) is 1. The Bertz CT molecular complexity index is 1040. The van der Waals surface area contributed by atoms with E-state index in [9.17, 15) is 14.0 Å². The Morgan fingerprint density at radius 2 is 1.70 bits per heavy atom. The van der Waals surface area contributed by atoms with Crippen LogP contribution in [0.15, 0.2) is 78.9 Å². The van der Waals surface area contributed by atoms with Crippen LogP contribution in [0.2, 0.25) is 0 Å². The highest BCUT2D eigenvalue weighted by molar-refractivity contribution is 6.04. The normalized spacial score (nSPS) is 14.0. The van der Waals surface area contributed by atoms with Gasteiger partial charge in [-0.05, 0) is 54.4 Å². The van der Waals surface area contributed by atoms with Crippen LogP contribution in [0.25, 0.3) is 0 Å². The molecule has 1 N–H and O–H groups in total. The van der Waals surface area contributed by atoms with E-state index in [4.69, 9.17) is 0 Å². The highest BCUT2D eigenvalue weighted by Gasteiger charge is 2.27. The fraction of sp³-hybridized carbons (Fsp3) is 0.167. The quantitative estimate of drug-likeness (QED) is 0.658. The Morgan fingerprint density at radius 1 is 0.933 bits per heavy atom. The van der Waals surface area contributed by atoms with Crippen LogP contribution in [0, 0.1) is 5.82 Å². The largest absolute Gasteiger partial charge is 0.324 e. The Morgan fingerprint density at radius 3 is 2.47 bits per heavy atom. The van der Waals surface area contributed by atoms with E-state index >= 15 is 0 Å². The van der Waals surface area contributed by atoms with Crippen LogP contribution in [-0.2, 0) is 6.54 Å². The summed E-state index contributed by atoms with van der Waals surface area (Å²) in [4.78, 5) is 29.0. The molecule has 0 atom stereocenters. The highest BCUT2D eigenvalue weighted by Crippen LogP contribution is 2.24. The van der Waals surface area contributed by atoms with Crippen molar-refractivity contribution in [1.29, 1.82) is 0 Å². The molecule has 3 aromatic rings. The van der Waals surface area contributed by atoms with Crippen LogP contribution in [0.1, 0.15) is 22.3 Å². The maximum Gasteiger partial charge on any atom is 0.324 e. The molecule has 3 aromatic carbocycles. The molecule has 0 unspecified atom stereocenters. The summed E-state index contributed by atoms with van der Waals surface area (Å²) in [6.45, 7) is 1.90. The second-order valence-corrected chi connectivity index (χ2v) is 7.21. The van der Waals surface area contributed by atoms with Crippen LogP contribution in [0.4, 0.5) is 20.6 Å². The molecule has 30 heavy (non-hydrogen) atoms. The van der Waals surface area contributed by atoms with E-state index < -0.39 is 5.82 Å². The number of benzene rings is 3. The fourth-order valence-corrected chi connectivity index (χ4v) is 3.53. The molecule has 0 saturated carbocycles. The lowest BCUT2D eigenvalue weighted by molar-refractivity contribution is 0.102. The van der Waals surface area contributed by atoms with Crippen molar-refractivity contribution in [2.24, 2.45) is 0 Å². The first kappa shape index (κ1) is 19.6. The number of hydrogen-bond donors (Lipinski definition) is 1. The van der Waals surface area contributed by atoms with E-state index in [1.807, 2.05) is 41.3 Å². The van der Waals surface area contributed by atoms with Gasteiger partial charge in [0.2, 0.25) is 0 Å². The molecule has 0 aliphatic carbocycles. The van der Waals surface area contributed by atoms with Gasteiger partial charge in [0.05, 0.1) is 0 Å². The lowest BCUT2D eigenvalue weighted by atomic mass is 10.1. The molecule has 1 fully saturated rings. The third-order valence-corrected chi connectivity index (χ3v) is 5.05. The minimum atomic E-state index is -0.391. The van der Waals surface area contributed by atoms with Crippen molar-refractivity contribution in [2.45, 2.75) is 13.0 Å². The van der Waals surface area contributed by atoms with Gasteiger partial charge in [0, 0.05) is 36.6 Å². The molecule has 152 valence electrons. The Hall–Kier alpha value is -3.67. The van der Waals surface area contributed by atoms with Gasteiger partial charge < -0.3 is 10.2 Å². The summed E-state index contributed by atoms with van der Waals surface area (Å²) in [5.41, 5.74) is 2.77. The minimum absolute atomic E-state index is 0.0490. The molecule has 3 amide bonds. The first-order valence-electron chi connectivity index (χ1n) is 9.87. The van der Waals surface area contributed by atoms with Gasteiger partial charge in [0.15, 0.2) is 0 Å². The van der Waals surface area contributed by atoms with Crippen molar-refractivity contribution >= 4 is 23.3 Å². The molecular weight excluding hydrogens is 381 g/mol. The van der Waals surface area contributed by atoms with Gasteiger partial charge >= 0.3 is 6.03 Å². The smallest absolute Gasteiger partial charge is 0.322 e. The number of hydrogen-bond acceptors (Lipinski definition) is 2. The van der Waals surface area contributed by atoms with E-state index in [0.29, 0.717) is 30.9 Å². The molecule has 0 spiro atoms. The van der Waals surface area contributed by atoms with Crippen LogP contribution >= 0.6 is 0 Å². The monoisotopic (exact) mass is 403 g/mol. The number of urea groups is 1. The number of amides is 3. The van der Waals surface area contributed by atoms with Gasteiger partial charge in [0.1, 0.15) is 5.82 Å². The molecule has 0 bridgehead atoms. The van der Waals surface area contributed by atoms with Gasteiger partial charge in [-0.3, -0.25) is 9.69 Å². The number of nitrogens with zero attached hydrogens (tertiary/aromatic N) is 2. The maximum atomic E-state index is 13.1. The van der Waals surface area contributed by atoms with Gasteiger partial charge in [-0.1, -0.05) is 36.4 Å². The topological polar surface area (TPSA) is 52.7 Å². The lowest BCUT2D eigenvalue weighted by Gasteiger charge is -2.36. The van der Waals surface area contributed by atoms with Crippen molar-refractivity contribution in [1.82, 2.24) is 4.90 Å². The first-order valence-corrected chi connectivity index (χ1v) is 9.87. The number of carbonyl (C=O) groups excluding carboxylic acids is 2. The van der Waals surface area contributed by atoms with E-state index in [1.165, 1.54) is 24.3 Å². The third kappa shape index (κ3) is 4.49. The van der Waals surface area contributed by atoms with Crippen molar-refractivity contribution in [3.05, 3.63) is 95.8 Å². The maximum absolute atomic E-state index is 13.1. The average Bonchev–Trinajstić information content (AvgIpc) is 2.76. The van der Waals surface area contributed by atoms with Crippen molar-refractivity contribution in [2.75, 3.05) is 23.3 Å². The molecular formula is C24H22FN3O2. The van der Waals surface area contributed by atoms with E-state index in [-0.39, 0.29) is 11.9 Å². The molecule has 4 rings (SSSR count). The highest BCUT2D eigenvalue weighted by atomic mass is 19.1.